The van der Waals surface area contributed by atoms with Crippen LogP contribution in [0.5, 0.6) is 0 Å². The highest BCUT2D eigenvalue weighted by molar-refractivity contribution is 7.17. The summed E-state index contributed by atoms with van der Waals surface area (Å²) in [5.41, 5.74) is 3.14. The van der Waals surface area contributed by atoms with E-state index in [1.165, 1.54) is 16.1 Å². The van der Waals surface area contributed by atoms with Gasteiger partial charge in [-0.2, -0.15) is 4.80 Å². The monoisotopic (exact) mass is 413 g/mol. The number of thiophene rings is 1. The molecule has 0 fully saturated rings. The van der Waals surface area contributed by atoms with Crippen molar-refractivity contribution in [3.8, 4) is 11.4 Å². The maximum absolute atomic E-state index is 12.6. The van der Waals surface area contributed by atoms with Crippen molar-refractivity contribution in [2.45, 2.75) is 40.7 Å². The van der Waals surface area contributed by atoms with Crippen molar-refractivity contribution in [3.63, 3.8) is 0 Å². The molecule has 3 rings (SSSR count). The lowest BCUT2D eigenvalue weighted by Crippen LogP contribution is -2.21. The van der Waals surface area contributed by atoms with Crippen molar-refractivity contribution in [2.75, 3.05) is 11.9 Å². The van der Waals surface area contributed by atoms with Gasteiger partial charge in [0.25, 0.3) is 0 Å². The number of amides is 1. The maximum Gasteiger partial charge on any atom is 0.341 e. The Morgan fingerprint density at radius 2 is 1.97 bits per heavy atom. The maximum atomic E-state index is 12.6. The average molecular weight is 414 g/mol. The molecule has 29 heavy (non-hydrogen) atoms. The first-order chi connectivity index (χ1) is 13.9. The molecule has 0 spiro atoms. The highest BCUT2D eigenvalue weighted by Crippen LogP contribution is 2.34. The minimum absolute atomic E-state index is 0.112. The van der Waals surface area contributed by atoms with Crippen LogP contribution in [0.3, 0.4) is 0 Å². The third-order valence-corrected chi connectivity index (χ3v) is 5.77. The zero-order valence-corrected chi connectivity index (χ0v) is 17.7. The molecule has 0 saturated heterocycles. The number of rotatable bonds is 7. The largest absolute Gasteiger partial charge is 0.462 e. The molecule has 0 aliphatic heterocycles. The molecular weight excluding hydrogens is 390 g/mol. The van der Waals surface area contributed by atoms with E-state index >= 15 is 0 Å². The Bertz CT molecular complexity index is 1040. The summed E-state index contributed by atoms with van der Waals surface area (Å²) in [6.07, 6.45) is 0.767. The fourth-order valence-electron chi connectivity index (χ4n) is 2.97. The topological polar surface area (TPSA) is 99.0 Å². The van der Waals surface area contributed by atoms with Crippen molar-refractivity contribution >= 4 is 28.2 Å². The van der Waals surface area contributed by atoms with E-state index in [1.54, 1.807) is 6.92 Å². The number of aromatic nitrogens is 4. The van der Waals surface area contributed by atoms with Crippen LogP contribution in [0.2, 0.25) is 0 Å². The summed E-state index contributed by atoms with van der Waals surface area (Å²) in [4.78, 5) is 27.2. The van der Waals surface area contributed by atoms with Gasteiger partial charge in [0, 0.05) is 10.4 Å². The first kappa shape index (κ1) is 20.7. The molecule has 1 N–H and O–H groups in total. The average Bonchev–Trinajstić information content (AvgIpc) is 3.26. The SMILES string of the molecule is CCOC(=O)c1c(NC(=O)Cn2nnc(-c3ccccc3C)n2)sc(CC)c1C. The number of nitrogens with one attached hydrogen (secondary N) is 1. The number of anilines is 1. The minimum atomic E-state index is -0.433. The number of aryl methyl sites for hydroxylation is 2. The lowest BCUT2D eigenvalue weighted by atomic mass is 10.1. The zero-order valence-electron chi connectivity index (χ0n) is 16.9. The van der Waals surface area contributed by atoms with Crippen LogP contribution >= 0.6 is 11.3 Å². The third-order valence-electron chi connectivity index (χ3n) is 4.42. The Hall–Kier alpha value is -3.07. The number of carbonyl (C=O) groups excluding carboxylic acids is 2. The van der Waals surface area contributed by atoms with Gasteiger partial charge in [-0.3, -0.25) is 4.79 Å². The standard InChI is InChI=1S/C20H23N5O3S/c1-5-15-13(4)17(20(27)28-6-2)19(29-15)21-16(26)11-25-23-18(22-24-25)14-10-8-7-9-12(14)3/h7-10H,5-6,11H2,1-4H3,(H,21,26). The predicted molar refractivity (Wildman–Crippen MR) is 111 cm³/mol. The van der Waals surface area contributed by atoms with Gasteiger partial charge in [-0.15, -0.1) is 21.5 Å². The molecule has 0 atom stereocenters. The summed E-state index contributed by atoms with van der Waals surface area (Å²) in [6, 6.07) is 7.70. The van der Waals surface area contributed by atoms with Crippen LogP contribution in [0.25, 0.3) is 11.4 Å². The Labute approximate surface area is 172 Å². The summed E-state index contributed by atoms with van der Waals surface area (Å²) in [5, 5.41) is 15.6. The van der Waals surface area contributed by atoms with Crippen LogP contribution in [-0.2, 0) is 22.5 Å². The Morgan fingerprint density at radius 3 is 2.66 bits per heavy atom. The van der Waals surface area contributed by atoms with Crippen molar-refractivity contribution in [1.29, 1.82) is 0 Å². The molecule has 8 nitrogen and oxygen atoms in total. The van der Waals surface area contributed by atoms with E-state index in [-0.39, 0.29) is 19.1 Å². The quantitative estimate of drug-likeness (QED) is 0.596. The van der Waals surface area contributed by atoms with Gasteiger partial charge in [0.15, 0.2) is 0 Å². The van der Waals surface area contributed by atoms with Crippen LogP contribution in [-0.4, -0.2) is 38.7 Å². The fraction of sp³-hybridized carbons (Fsp3) is 0.350. The van der Waals surface area contributed by atoms with E-state index in [2.05, 4.69) is 20.7 Å². The van der Waals surface area contributed by atoms with E-state index < -0.39 is 5.97 Å². The first-order valence-electron chi connectivity index (χ1n) is 9.37. The number of benzene rings is 1. The van der Waals surface area contributed by atoms with E-state index in [0.717, 1.165) is 28.0 Å². The lowest BCUT2D eigenvalue weighted by molar-refractivity contribution is -0.117. The van der Waals surface area contributed by atoms with E-state index in [9.17, 15) is 9.59 Å². The van der Waals surface area contributed by atoms with E-state index in [0.29, 0.717) is 16.4 Å². The summed E-state index contributed by atoms with van der Waals surface area (Å²) in [6.45, 7) is 7.74. The molecule has 1 amide bonds. The number of nitrogens with zero attached hydrogens (tertiary/aromatic N) is 4. The molecule has 0 radical (unpaired) electrons. The molecule has 152 valence electrons. The van der Waals surface area contributed by atoms with Gasteiger partial charge >= 0.3 is 5.97 Å². The van der Waals surface area contributed by atoms with Gasteiger partial charge in [-0.05, 0) is 43.5 Å². The number of carbonyl (C=O) groups is 2. The molecule has 3 aromatic rings. The molecular formula is C20H23N5O3S. The van der Waals surface area contributed by atoms with Crippen LogP contribution in [0, 0.1) is 13.8 Å². The molecule has 1 aromatic carbocycles. The smallest absolute Gasteiger partial charge is 0.341 e. The molecule has 0 saturated carbocycles. The second-order valence-corrected chi connectivity index (χ2v) is 7.54. The number of tetrazole rings is 1. The van der Waals surface area contributed by atoms with Crippen molar-refractivity contribution in [1.82, 2.24) is 20.2 Å². The van der Waals surface area contributed by atoms with Crippen molar-refractivity contribution in [3.05, 3.63) is 45.8 Å². The second-order valence-electron chi connectivity index (χ2n) is 6.43. The van der Waals surface area contributed by atoms with E-state index in [1.807, 2.05) is 45.0 Å². The molecule has 0 bridgehead atoms. The summed E-state index contributed by atoms with van der Waals surface area (Å²) >= 11 is 1.38. The Balaban J connectivity index is 1.77. The number of hydrogen-bond acceptors (Lipinski definition) is 7. The molecule has 9 heteroatoms. The van der Waals surface area contributed by atoms with Gasteiger partial charge in [0.05, 0.1) is 12.2 Å². The van der Waals surface area contributed by atoms with Crippen molar-refractivity contribution < 1.29 is 14.3 Å². The minimum Gasteiger partial charge on any atom is -0.462 e. The van der Waals surface area contributed by atoms with Crippen molar-refractivity contribution in [2.24, 2.45) is 0 Å². The third kappa shape index (κ3) is 4.51. The van der Waals surface area contributed by atoms with Crippen LogP contribution < -0.4 is 5.32 Å². The second kappa shape index (κ2) is 8.95. The Kier molecular flexibility index (Phi) is 6.38. The fourth-order valence-corrected chi connectivity index (χ4v) is 4.12. The first-order valence-corrected chi connectivity index (χ1v) is 10.2. The number of hydrogen-bond donors (Lipinski definition) is 1. The highest BCUT2D eigenvalue weighted by atomic mass is 32.1. The van der Waals surface area contributed by atoms with Crippen LogP contribution in [0.1, 0.15) is 40.2 Å². The van der Waals surface area contributed by atoms with Crippen LogP contribution in [0.4, 0.5) is 5.00 Å². The molecule has 0 aliphatic carbocycles. The highest BCUT2D eigenvalue weighted by Gasteiger charge is 2.23. The molecule has 0 aliphatic rings. The molecule has 0 unspecified atom stereocenters. The summed E-state index contributed by atoms with van der Waals surface area (Å²) in [7, 11) is 0. The predicted octanol–water partition coefficient (Wildman–Crippen LogP) is 3.40. The van der Waals surface area contributed by atoms with Gasteiger partial charge in [0.1, 0.15) is 11.5 Å². The normalized spacial score (nSPS) is 10.8. The summed E-state index contributed by atoms with van der Waals surface area (Å²) < 4.78 is 5.15. The van der Waals surface area contributed by atoms with Gasteiger partial charge in [-0.1, -0.05) is 31.2 Å². The zero-order chi connectivity index (χ0) is 21.0. The number of ether oxygens (including phenoxy) is 1. The Morgan fingerprint density at radius 1 is 1.21 bits per heavy atom. The van der Waals surface area contributed by atoms with E-state index in [4.69, 9.17) is 4.74 Å². The van der Waals surface area contributed by atoms with Gasteiger partial charge in [0.2, 0.25) is 11.7 Å². The molecule has 2 aromatic heterocycles. The van der Waals surface area contributed by atoms with Crippen LogP contribution in [0.15, 0.2) is 24.3 Å². The number of esters is 1. The molecule has 2 heterocycles. The van der Waals surface area contributed by atoms with Gasteiger partial charge in [-0.25, -0.2) is 4.79 Å². The summed E-state index contributed by atoms with van der Waals surface area (Å²) in [5.74, 6) is -0.312. The van der Waals surface area contributed by atoms with Gasteiger partial charge < -0.3 is 10.1 Å². The lowest BCUT2D eigenvalue weighted by Gasteiger charge is -2.06.